The molecule has 0 saturated heterocycles. The Kier molecular flexibility index (Phi) is 3.69. The fraction of sp³-hybridized carbons (Fsp3) is 0.429. The molecular formula is C14H15Cl. The van der Waals surface area contributed by atoms with E-state index in [0.29, 0.717) is 5.88 Å². The molecule has 0 heterocycles. The zero-order chi connectivity index (χ0) is 10.5. The molecule has 0 atom stereocenters. The van der Waals surface area contributed by atoms with E-state index in [9.17, 15) is 0 Å². The molecule has 2 rings (SSSR count). The van der Waals surface area contributed by atoms with Crippen LogP contribution in [0.3, 0.4) is 0 Å². The number of benzene rings is 1. The minimum Gasteiger partial charge on any atom is -0.126 e. The molecule has 0 saturated carbocycles. The van der Waals surface area contributed by atoms with Gasteiger partial charge in [-0.3, -0.25) is 0 Å². The summed E-state index contributed by atoms with van der Waals surface area (Å²) in [6.07, 6.45) is 5.90. The highest BCUT2D eigenvalue weighted by Gasteiger charge is 2.08. The van der Waals surface area contributed by atoms with Crippen LogP contribution in [0.2, 0.25) is 0 Å². The van der Waals surface area contributed by atoms with E-state index in [-0.39, 0.29) is 0 Å². The van der Waals surface area contributed by atoms with Crippen LogP contribution in [0.4, 0.5) is 0 Å². The van der Waals surface area contributed by atoms with E-state index in [1.165, 1.54) is 36.8 Å². The largest absolute Gasteiger partial charge is 0.126 e. The standard InChI is InChI=1S/C14H15Cl/c15-10-4-3-5-12-8-9-13-6-1-2-7-14(13)11-12/h8-9,11H,1-2,4,6-7,10H2. The van der Waals surface area contributed by atoms with Crippen molar-refractivity contribution in [2.24, 2.45) is 0 Å². The van der Waals surface area contributed by atoms with Crippen molar-refractivity contribution in [3.63, 3.8) is 0 Å². The van der Waals surface area contributed by atoms with Crippen molar-refractivity contribution in [1.82, 2.24) is 0 Å². The molecule has 0 spiro atoms. The minimum atomic E-state index is 0.623. The van der Waals surface area contributed by atoms with Gasteiger partial charge in [0.15, 0.2) is 0 Å². The van der Waals surface area contributed by atoms with Gasteiger partial charge < -0.3 is 0 Å². The Bertz CT molecular complexity index is 396. The van der Waals surface area contributed by atoms with E-state index < -0.39 is 0 Å². The maximum absolute atomic E-state index is 5.58. The molecule has 1 heteroatoms. The predicted octanol–water partition coefficient (Wildman–Crippen LogP) is 3.55. The fourth-order valence-electron chi connectivity index (χ4n) is 2.02. The topological polar surface area (TPSA) is 0 Å². The van der Waals surface area contributed by atoms with Crippen molar-refractivity contribution >= 4 is 11.6 Å². The third kappa shape index (κ3) is 2.76. The van der Waals surface area contributed by atoms with Crippen LogP contribution in [0.15, 0.2) is 18.2 Å². The first-order valence-corrected chi connectivity index (χ1v) is 6.10. The molecule has 1 aliphatic carbocycles. The van der Waals surface area contributed by atoms with Gasteiger partial charge in [0.1, 0.15) is 0 Å². The van der Waals surface area contributed by atoms with Gasteiger partial charge in [-0.25, -0.2) is 0 Å². The van der Waals surface area contributed by atoms with Gasteiger partial charge in [-0.1, -0.05) is 17.9 Å². The second-order valence-electron chi connectivity index (χ2n) is 3.93. The van der Waals surface area contributed by atoms with Crippen LogP contribution in [-0.2, 0) is 12.8 Å². The van der Waals surface area contributed by atoms with Gasteiger partial charge in [0.25, 0.3) is 0 Å². The summed E-state index contributed by atoms with van der Waals surface area (Å²) in [5, 5.41) is 0. The van der Waals surface area contributed by atoms with Gasteiger partial charge in [0.2, 0.25) is 0 Å². The lowest BCUT2D eigenvalue weighted by molar-refractivity contribution is 0.685. The number of halogens is 1. The number of fused-ring (bicyclic) bond motifs is 1. The average molecular weight is 219 g/mol. The normalized spacial score (nSPS) is 13.9. The molecule has 0 aliphatic heterocycles. The second kappa shape index (κ2) is 5.24. The molecule has 1 aliphatic rings. The molecule has 0 fully saturated rings. The van der Waals surface area contributed by atoms with E-state index in [2.05, 4.69) is 30.0 Å². The molecule has 1 aromatic rings. The molecule has 0 unspecified atom stereocenters. The van der Waals surface area contributed by atoms with E-state index in [0.717, 1.165) is 12.0 Å². The van der Waals surface area contributed by atoms with Crippen LogP contribution in [0, 0.1) is 11.8 Å². The highest BCUT2D eigenvalue weighted by molar-refractivity contribution is 6.18. The van der Waals surface area contributed by atoms with Gasteiger partial charge in [0.05, 0.1) is 0 Å². The Labute approximate surface area is 96.6 Å². The molecule has 1 aromatic carbocycles. The molecule has 0 nitrogen and oxygen atoms in total. The SMILES string of the molecule is ClCCC#Cc1ccc2c(c1)CCCC2. The molecule has 0 N–H and O–H groups in total. The Morgan fingerprint density at radius 3 is 2.73 bits per heavy atom. The Hall–Kier alpha value is -0.930. The van der Waals surface area contributed by atoms with E-state index >= 15 is 0 Å². The summed E-state index contributed by atoms with van der Waals surface area (Å²) in [6, 6.07) is 6.61. The summed E-state index contributed by atoms with van der Waals surface area (Å²) in [5.74, 6) is 6.86. The van der Waals surface area contributed by atoms with Crippen molar-refractivity contribution in [2.75, 3.05) is 5.88 Å². The molecule has 0 radical (unpaired) electrons. The quantitative estimate of drug-likeness (QED) is 0.500. The number of hydrogen-bond donors (Lipinski definition) is 0. The van der Waals surface area contributed by atoms with E-state index in [1.807, 2.05) is 0 Å². The number of hydrogen-bond acceptors (Lipinski definition) is 0. The maximum atomic E-state index is 5.58. The van der Waals surface area contributed by atoms with Crippen molar-refractivity contribution in [2.45, 2.75) is 32.1 Å². The van der Waals surface area contributed by atoms with E-state index in [1.54, 1.807) is 0 Å². The Morgan fingerprint density at radius 2 is 1.93 bits per heavy atom. The summed E-state index contributed by atoms with van der Waals surface area (Å²) in [4.78, 5) is 0. The van der Waals surface area contributed by atoms with Gasteiger partial charge >= 0.3 is 0 Å². The van der Waals surface area contributed by atoms with Crippen LogP contribution in [0.25, 0.3) is 0 Å². The first-order chi connectivity index (χ1) is 7.40. The van der Waals surface area contributed by atoms with Gasteiger partial charge in [-0.2, -0.15) is 0 Å². The monoisotopic (exact) mass is 218 g/mol. The summed E-state index contributed by atoms with van der Waals surface area (Å²) < 4.78 is 0. The Morgan fingerprint density at radius 1 is 1.13 bits per heavy atom. The first kappa shape index (κ1) is 10.6. The Balaban J connectivity index is 2.18. The van der Waals surface area contributed by atoms with Gasteiger partial charge in [-0.05, 0) is 48.9 Å². The molecule has 0 bridgehead atoms. The van der Waals surface area contributed by atoms with Crippen LogP contribution in [0.5, 0.6) is 0 Å². The minimum absolute atomic E-state index is 0.623. The fourth-order valence-corrected chi connectivity index (χ4v) is 2.12. The van der Waals surface area contributed by atoms with E-state index in [4.69, 9.17) is 11.6 Å². The lowest BCUT2D eigenvalue weighted by atomic mass is 9.90. The smallest absolute Gasteiger partial charge is 0.0333 e. The van der Waals surface area contributed by atoms with Crippen LogP contribution >= 0.6 is 11.6 Å². The summed E-state index contributed by atoms with van der Waals surface area (Å²) in [7, 11) is 0. The van der Waals surface area contributed by atoms with Crippen LogP contribution in [0.1, 0.15) is 36.0 Å². The maximum Gasteiger partial charge on any atom is 0.0333 e. The first-order valence-electron chi connectivity index (χ1n) is 5.57. The third-order valence-electron chi connectivity index (χ3n) is 2.80. The number of alkyl halides is 1. The molecule has 0 amide bonds. The van der Waals surface area contributed by atoms with Crippen molar-refractivity contribution in [3.8, 4) is 11.8 Å². The third-order valence-corrected chi connectivity index (χ3v) is 2.99. The number of rotatable bonds is 1. The zero-order valence-electron chi connectivity index (χ0n) is 8.85. The lowest BCUT2D eigenvalue weighted by Gasteiger charge is -2.15. The molecule has 0 aromatic heterocycles. The lowest BCUT2D eigenvalue weighted by Crippen LogP contribution is -2.02. The van der Waals surface area contributed by atoms with Gasteiger partial charge in [-0.15, -0.1) is 11.6 Å². The summed E-state index contributed by atoms with van der Waals surface area (Å²) in [6.45, 7) is 0. The summed E-state index contributed by atoms with van der Waals surface area (Å²) in [5.41, 5.74) is 4.16. The second-order valence-corrected chi connectivity index (χ2v) is 4.31. The molecule has 15 heavy (non-hydrogen) atoms. The van der Waals surface area contributed by atoms with Crippen LogP contribution < -0.4 is 0 Å². The highest BCUT2D eigenvalue weighted by atomic mass is 35.5. The van der Waals surface area contributed by atoms with Crippen molar-refractivity contribution < 1.29 is 0 Å². The number of aryl methyl sites for hydroxylation is 2. The van der Waals surface area contributed by atoms with Gasteiger partial charge in [0, 0.05) is 17.9 Å². The van der Waals surface area contributed by atoms with Crippen LogP contribution in [-0.4, -0.2) is 5.88 Å². The average Bonchev–Trinajstić information content (AvgIpc) is 2.29. The zero-order valence-corrected chi connectivity index (χ0v) is 9.61. The van der Waals surface area contributed by atoms with Crippen molar-refractivity contribution in [3.05, 3.63) is 34.9 Å². The summed E-state index contributed by atoms with van der Waals surface area (Å²) >= 11 is 5.58. The highest BCUT2D eigenvalue weighted by Crippen LogP contribution is 2.21. The van der Waals surface area contributed by atoms with Crippen molar-refractivity contribution in [1.29, 1.82) is 0 Å². The predicted molar refractivity (Wildman–Crippen MR) is 65.3 cm³/mol. The molecular weight excluding hydrogens is 204 g/mol. The molecule has 78 valence electrons.